The first-order valence-electron chi connectivity index (χ1n) is 6.61. The molecule has 6 nitrogen and oxygen atoms in total. The van der Waals surface area contributed by atoms with Gasteiger partial charge in [0, 0.05) is 37.6 Å². The van der Waals surface area contributed by atoms with Crippen molar-refractivity contribution in [1.29, 1.82) is 0 Å². The lowest BCUT2D eigenvalue weighted by Crippen LogP contribution is -2.52. The van der Waals surface area contributed by atoms with E-state index in [0.717, 1.165) is 23.5 Å². The van der Waals surface area contributed by atoms with Gasteiger partial charge in [-0.15, -0.1) is 16.2 Å². The van der Waals surface area contributed by atoms with E-state index in [4.69, 9.17) is 0 Å². The standard InChI is InChI=1S/C12H22N4O2S2/c1-10-9-19-11(8-13-2)12(10)20(17,18)14-16-6-4-15(3)5-7-16/h9,13-14H,4-8H2,1-3H3. The van der Waals surface area contributed by atoms with Crippen molar-refractivity contribution in [1.82, 2.24) is 20.1 Å². The lowest BCUT2D eigenvalue weighted by atomic mass is 10.3. The minimum atomic E-state index is -3.49. The summed E-state index contributed by atoms with van der Waals surface area (Å²) in [5.74, 6) is 0. The summed E-state index contributed by atoms with van der Waals surface area (Å²) in [6.07, 6.45) is 0. The van der Waals surface area contributed by atoms with Crippen LogP contribution in [-0.2, 0) is 16.6 Å². The summed E-state index contributed by atoms with van der Waals surface area (Å²) in [5, 5.41) is 6.70. The maximum absolute atomic E-state index is 12.6. The predicted molar refractivity (Wildman–Crippen MR) is 81.2 cm³/mol. The van der Waals surface area contributed by atoms with Crippen LogP contribution < -0.4 is 10.1 Å². The largest absolute Gasteiger partial charge is 0.315 e. The van der Waals surface area contributed by atoms with Crippen molar-refractivity contribution in [2.24, 2.45) is 0 Å². The number of rotatable bonds is 5. The van der Waals surface area contributed by atoms with Crippen LogP contribution in [0.25, 0.3) is 0 Å². The molecule has 114 valence electrons. The molecule has 1 aromatic heterocycles. The summed E-state index contributed by atoms with van der Waals surface area (Å²) in [6.45, 7) is 5.56. The fourth-order valence-electron chi connectivity index (χ4n) is 2.24. The van der Waals surface area contributed by atoms with Gasteiger partial charge in [-0.3, -0.25) is 0 Å². The van der Waals surface area contributed by atoms with Crippen LogP contribution in [0.2, 0.25) is 0 Å². The van der Waals surface area contributed by atoms with Crippen LogP contribution in [0.1, 0.15) is 10.4 Å². The van der Waals surface area contributed by atoms with Crippen LogP contribution in [0.5, 0.6) is 0 Å². The fourth-order valence-corrected chi connectivity index (χ4v) is 5.19. The van der Waals surface area contributed by atoms with Crippen molar-refractivity contribution in [3.63, 3.8) is 0 Å². The van der Waals surface area contributed by atoms with Gasteiger partial charge < -0.3 is 10.2 Å². The van der Waals surface area contributed by atoms with Crippen LogP contribution >= 0.6 is 11.3 Å². The van der Waals surface area contributed by atoms with Crippen molar-refractivity contribution >= 4 is 21.4 Å². The first-order chi connectivity index (χ1) is 9.44. The Bertz CT molecular complexity index is 548. The molecule has 0 amide bonds. The quantitative estimate of drug-likeness (QED) is 0.813. The Hall–Kier alpha value is -0.510. The van der Waals surface area contributed by atoms with E-state index < -0.39 is 10.0 Å². The van der Waals surface area contributed by atoms with Gasteiger partial charge in [-0.2, -0.15) is 0 Å². The highest BCUT2D eigenvalue weighted by Crippen LogP contribution is 2.26. The van der Waals surface area contributed by atoms with Crippen molar-refractivity contribution in [3.8, 4) is 0 Å². The third-order valence-electron chi connectivity index (χ3n) is 3.35. The van der Waals surface area contributed by atoms with Gasteiger partial charge >= 0.3 is 0 Å². The van der Waals surface area contributed by atoms with E-state index in [0.29, 0.717) is 24.5 Å². The highest BCUT2D eigenvalue weighted by Gasteiger charge is 2.26. The minimum absolute atomic E-state index is 0.427. The van der Waals surface area contributed by atoms with Gasteiger partial charge in [0.15, 0.2) is 0 Å². The lowest BCUT2D eigenvalue weighted by Gasteiger charge is -2.32. The second kappa shape index (κ2) is 6.50. The van der Waals surface area contributed by atoms with Crippen LogP contribution in [0.4, 0.5) is 0 Å². The number of nitrogens with zero attached hydrogens (tertiary/aromatic N) is 2. The van der Waals surface area contributed by atoms with E-state index in [2.05, 4.69) is 15.0 Å². The molecular formula is C12H22N4O2S2. The van der Waals surface area contributed by atoms with Gasteiger partial charge in [0.1, 0.15) is 4.90 Å². The number of nitrogens with one attached hydrogen (secondary N) is 2. The van der Waals surface area contributed by atoms with E-state index >= 15 is 0 Å². The third kappa shape index (κ3) is 3.57. The summed E-state index contributed by atoms with van der Waals surface area (Å²) < 4.78 is 25.1. The first kappa shape index (κ1) is 15.9. The molecule has 0 unspecified atom stereocenters. The highest BCUT2D eigenvalue weighted by molar-refractivity contribution is 7.89. The molecule has 0 aromatic carbocycles. The smallest absolute Gasteiger partial charge is 0.254 e. The van der Waals surface area contributed by atoms with Gasteiger partial charge in [0.25, 0.3) is 10.0 Å². The second-order valence-corrected chi connectivity index (χ2v) is 7.65. The van der Waals surface area contributed by atoms with Crippen LogP contribution in [0.3, 0.4) is 0 Å². The third-order valence-corrected chi connectivity index (χ3v) is 6.19. The normalized spacial score (nSPS) is 18.6. The maximum Gasteiger partial charge on any atom is 0.254 e. The molecule has 20 heavy (non-hydrogen) atoms. The number of hydrogen-bond acceptors (Lipinski definition) is 6. The summed E-state index contributed by atoms with van der Waals surface area (Å²) in [6, 6.07) is 0. The minimum Gasteiger partial charge on any atom is -0.315 e. The number of hydrogen-bond donors (Lipinski definition) is 2. The van der Waals surface area contributed by atoms with Crippen molar-refractivity contribution < 1.29 is 8.42 Å². The van der Waals surface area contributed by atoms with Gasteiger partial charge in [-0.1, -0.05) is 0 Å². The lowest BCUT2D eigenvalue weighted by molar-refractivity contribution is 0.135. The van der Waals surface area contributed by atoms with E-state index in [1.807, 2.05) is 26.4 Å². The van der Waals surface area contributed by atoms with E-state index in [-0.39, 0.29) is 0 Å². The highest BCUT2D eigenvalue weighted by atomic mass is 32.2. The topological polar surface area (TPSA) is 64.7 Å². The molecule has 1 aliphatic heterocycles. The molecule has 8 heteroatoms. The monoisotopic (exact) mass is 318 g/mol. The number of aryl methyl sites for hydroxylation is 1. The Kier molecular flexibility index (Phi) is 5.16. The number of thiophene rings is 1. The Labute approximate surface area is 124 Å². The van der Waals surface area contributed by atoms with Crippen molar-refractivity contribution in [2.45, 2.75) is 18.4 Å². The Morgan fingerprint density at radius 3 is 2.55 bits per heavy atom. The SMILES string of the molecule is CNCc1scc(C)c1S(=O)(=O)NN1CCN(C)CC1. The Morgan fingerprint density at radius 1 is 1.30 bits per heavy atom. The molecule has 0 atom stereocenters. The van der Waals surface area contributed by atoms with Crippen molar-refractivity contribution in [3.05, 3.63) is 15.8 Å². The summed E-state index contributed by atoms with van der Waals surface area (Å²) >= 11 is 1.48. The number of likely N-dealkylation sites (N-methyl/N-ethyl adjacent to an activating group) is 1. The fraction of sp³-hybridized carbons (Fsp3) is 0.667. The predicted octanol–water partition coefficient (Wildman–Crippen LogP) is 0.217. The molecule has 0 bridgehead atoms. The molecule has 1 fully saturated rings. The van der Waals surface area contributed by atoms with Crippen LogP contribution in [0.15, 0.2) is 10.3 Å². The first-order valence-corrected chi connectivity index (χ1v) is 8.98. The molecule has 1 aromatic rings. The summed E-state index contributed by atoms with van der Waals surface area (Å²) in [5.41, 5.74) is 0.807. The van der Waals surface area contributed by atoms with Gasteiger partial charge in [0.2, 0.25) is 0 Å². The average molecular weight is 318 g/mol. The van der Waals surface area contributed by atoms with E-state index in [9.17, 15) is 8.42 Å². The molecule has 0 aliphatic carbocycles. The van der Waals surface area contributed by atoms with E-state index in [1.165, 1.54) is 11.3 Å². The zero-order valence-electron chi connectivity index (χ0n) is 12.1. The second-order valence-electron chi connectivity index (χ2n) is 5.09. The molecule has 1 saturated heterocycles. The molecule has 1 aliphatic rings. The number of hydrazine groups is 1. The zero-order chi connectivity index (χ0) is 14.8. The van der Waals surface area contributed by atoms with Crippen LogP contribution in [-0.4, -0.2) is 58.6 Å². The molecule has 2 N–H and O–H groups in total. The van der Waals surface area contributed by atoms with Crippen LogP contribution in [0, 0.1) is 6.92 Å². The molecule has 0 radical (unpaired) electrons. The molecule has 0 spiro atoms. The summed E-state index contributed by atoms with van der Waals surface area (Å²) in [4.78, 5) is 6.18. The van der Waals surface area contributed by atoms with Gasteiger partial charge in [0.05, 0.1) is 0 Å². The summed E-state index contributed by atoms with van der Waals surface area (Å²) in [7, 11) is 0.371. The zero-order valence-corrected chi connectivity index (χ0v) is 13.8. The van der Waals surface area contributed by atoms with Crippen molar-refractivity contribution in [2.75, 3.05) is 40.3 Å². The Morgan fingerprint density at radius 2 is 1.95 bits per heavy atom. The van der Waals surface area contributed by atoms with Gasteiger partial charge in [-0.05, 0) is 32.0 Å². The Balaban J connectivity index is 2.16. The number of sulfonamides is 1. The van der Waals surface area contributed by atoms with Gasteiger partial charge in [-0.25, -0.2) is 13.4 Å². The average Bonchev–Trinajstić information content (AvgIpc) is 2.74. The molecule has 0 saturated carbocycles. The molecular weight excluding hydrogens is 296 g/mol. The molecule has 2 rings (SSSR count). The van der Waals surface area contributed by atoms with E-state index in [1.54, 1.807) is 5.01 Å². The molecule has 2 heterocycles. The maximum atomic E-state index is 12.6. The number of piperazine rings is 1.